The molecule has 1 N–H and O–H groups in total. The summed E-state index contributed by atoms with van der Waals surface area (Å²) in [6, 6.07) is 16.0. The Morgan fingerprint density at radius 2 is 1.78 bits per heavy atom. The Kier molecular flexibility index (Phi) is 4.50. The fourth-order valence-electron chi connectivity index (χ4n) is 7.89. The Bertz CT molecular complexity index is 1060. The molecule has 4 bridgehead atoms. The smallest absolute Gasteiger partial charge is 0.254 e. The van der Waals surface area contributed by atoms with Gasteiger partial charge in [-0.25, -0.2) is 0 Å². The highest BCUT2D eigenvalue weighted by Gasteiger charge is 2.58. The average molecular weight is 429 g/mol. The molecule has 4 aliphatic carbocycles. The fourth-order valence-corrected chi connectivity index (χ4v) is 7.89. The second-order valence-corrected chi connectivity index (χ2v) is 11.3. The van der Waals surface area contributed by atoms with Gasteiger partial charge in [-0.1, -0.05) is 43.3 Å². The van der Waals surface area contributed by atoms with E-state index < -0.39 is 0 Å². The van der Waals surface area contributed by atoms with E-state index in [1.54, 1.807) is 0 Å². The van der Waals surface area contributed by atoms with Gasteiger partial charge in [0.25, 0.3) is 5.91 Å². The van der Waals surface area contributed by atoms with E-state index in [1.165, 1.54) is 19.3 Å². The lowest BCUT2D eigenvalue weighted by Gasteiger charge is -2.60. The normalized spacial score (nSPS) is 32.7. The average Bonchev–Trinajstić information content (AvgIpc) is 2.75. The molecule has 0 spiro atoms. The second kappa shape index (κ2) is 7.19. The molecule has 166 valence electrons. The number of rotatable bonds is 4. The summed E-state index contributed by atoms with van der Waals surface area (Å²) in [5.74, 6) is 1.69. The molecule has 2 aromatic rings. The third-order valence-corrected chi connectivity index (χ3v) is 8.63. The van der Waals surface area contributed by atoms with Crippen LogP contribution >= 0.6 is 0 Å². The molecule has 4 nitrogen and oxygen atoms in total. The zero-order chi connectivity index (χ0) is 21.9. The number of nitrogens with one attached hydrogen (secondary N) is 1. The van der Waals surface area contributed by atoms with Crippen molar-refractivity contribution in [3.8, 4) is 0 Å². The van der Waals surface area contributed by atoms with Gasteiger partial charge in [-0.15, -0.1) is 0 Å². The van der Waals surface area contributed by atoms with Gasteiger partial charge in [0.15, 0.2) is 0 Å². The van der Waals surface area contributed by atoms with Crippen molar-refractivity contribution in [2.75, 3.05) is 11.9 Å². The molecule has 1 aliphatic heterocycles. The zero-order valence-electron chi connectivity index (χ0n) is 18.9. The van der Waals surface area contributed by atoms with Gasteiger partial charge in [0.2, 0.25) is 5.91 Å². The Balaban J connectivity index is 1.23. The van der Waals surface area contributed by atoms with E-state index in [0.29, 0.717) is 30.3 Å². The van der Waals surface area contributed by atoms with E-state index in [2.05, 4.69) is 24.4 Å². The molecule has 2 atom stereocenters. The minimum atomic E-state index is -0.209. The van der Waals surface area contributed by atoms with Crippen molar-refractivity contribution >= 4 is 17.5 Å². The molecule has 4 saturated carbocycles. The van der Waals surface area contributed by atoms with Crippen LogP contribution in [0.2, 0.25) is 0 Å². The molecular formula is C28H32N2O2. The van der Waals surface area contributed by atoms with E-state index in [1.807, 2.05) is 41.3 Å². The summed E-state index contributed by atoms with van der Waals surface area (Å²) >= 11 is 0. The Morgan fingerprint density at radius 1 is 1.03 bits per heavy atom. The molecule has 32 heavy (non-hydrogen) atoms. The largest absolute Gasteiger partial charge is 0.334 e. The quantitative estimate of drug-likeness (QED) is 0.706. The molecule has 5 aliphatic rings. The highest BCUT2D eigenvalue weighted by molar-refractivity contribution is 6.01. The monoisotopic (exact) mass is 428 g/mol. The molecule has 4 fully saturated rings. The second-order valence-electron chi connectivity index (χ2n) is 11.3. The maximum Gasteiger partial charge on any atom is 0.254 e. The van der Waals surface area contributed by atoms with Crippen molar-refractivity contribution < 1.29 is 9.59 Å². The number of hydrogen-bond donors (Lipinski definition) is 1. The van der Waals surface area contributed by atoms with Crippen LogP contribution in [0.4, 0.5) is 5.69 Å². The van der Waals surface area contributed by atoms with Crippen molar-refractivity contribution in [2.45, 2.75) is 58.4 Å². The summed E-state index contributed by atoms with van der Waals surface area (Å²) < 4.78 is 0. The maximum atomic E-state index is 13.7. The van der Waals surface area contributed by atoms with Crippen LogP contribution in [-0.4, -0.2) is 23.3 Å². The van der Waals surface area contributed by atoms with E-state index in [0.717, 1.165) is 48.1 Å². The van der Waals surface area contributed by atoms with Crippen molar-refractivity contribution in [1.82, 2.24) is 4.90 Å². The lowest BCUT2D eigenvalue weighted by molar-refractivity contribution is -0.149. The summed E-state index contributed by atoms with van der Waals surface area (Å²) in [5.41, 5.74) is 3.86. The summed E-state index contributed by atoms with van der Waals surface area (Å²) in [6.45, 7) is 3.71. The molecule has 1 heterocycles. The van der Waals surface area contributed by atoms with Gasteiger partial charge < -0.3 is 10.2 Å². The topological polar surface area (TPSA) is 49.4 Å². The predicted octanol–water partition coefficient (Wildman–Crippen LogP) is 5.43. The van der Waals surface area contributed by atoms with Crippen molar-refractivity contribution in [3.05, 3.63) is 65.2 Å². The van der Waals surface area contributed by atoms with E-state index in [4.69, 9.17) is 0 Å². The van der Waals surface area contributed by atoms with Crippen LogP contribution in [-0.2, 0) is 17.8 Å². The molecule has 2 unspecified atom stereocenters. The maximum absolute atomic E-state index is 13.7. The Morgan fingerprint density at radius 3 is 2.50 bits per heavy atom. The molecule has 0 radical (unpaired) electrons. The molecule has 2 amide bonds. The van der Waals surface area contributed by atoms with Crippen LogP contribution < -0.4 is 5.32 Å². The minimum Gasteiger partial charge on any atom is -0.334 e. The van der Waals surface area contributed by atoms with Crippen LogP contribution in [0.5, 0.6) is 0 Å². The first-order chi connectivity index (χ1) is 15.4. The molecule has 0 aromatic heterocycles. The Hall–Kier alpha value is -2.62. The first-order valence-corrected chi connectivity index (χ1v) is 12.2. The molecule has 0 saturated heterocycles. The van der Waals surface area contributed by atoms with Crippen LogP contribution in [0.25, 0.3) is 0 Å². The van der Waals surface area contributed by atoms with Gasteiger partial charge >= 0.3 is 0 Å². The third kappa shape index (κ3) is 3.27. The van der Waals surface area contributed by atoms with Crippen LogP contribution in [0.15, 0.2) is 48.5 Å². The van der Waals surface area contributed by atoms with Crippen LogP contribution in [0.1, 0.15) is 66.9 Å². The third-order valence-electron chi connectivity index (χ3n) is 8.63. The first-order valence-electron chi connectivity index (χ1n) is 12.2. The summed E-state index contributed by atoms with van der Waals surface area (Å²) in [5, 5.41) is 3.32. The Labute approximate surface area is 190 Å². The van der Waals surface area contributed by atoms with Crippen LogP contribution in [0, 0.1) is 22.7 Å². The minimum absolute atomic E-state index is 0.0634. The number of carbonyl (C=O) groups excluding carboxylic acids is 2. The lowest BCUT2D eigenvalue weighted by atomic mass is 9.44. The summed E-state index contributed by atoms with van der Waals surface area (Å²) in [4.78, 5) is 28.8. The van der Waals surface area contributed by atoms with E-state index in [-0.39, 0.29) is 17.2 Å². The zero-order valence-corrected chi connectivity index (χ0v) is 18.9. The number of fused-ring (bicyclic) bond motifs is 1. The summed E-state index contributed by atoms with van der Waals surface area (Å²) in [7, 11) is 0. The fraction of sp³-hybridized carbons (Fsp3) is 0.500. The standard InChI is InChI=1S/C28H32N2O2/c1-27-13-20-12-21(14-27)16-28(15-20,18-27)26(32)29-24-9-5-8-23-22(24)10-11-30(25(23)31)17-19-6-3-2-4-7-19/h2-9,20-21H,10-18H2,1H3,(H,29,32). The summed E-state index contributed by atoms with van der Waals surface area (Å²) in [6.07, 6.45) is 7.80. The van der Waals surface area contributed by atoms with Crippen molar-refractivity contribution in [1.29, 1.82) is 0 Å². The van der Waals surface area contributed by atoms with E-state index >= 15 is 0 Å². The molecular weight excluding hydrogens is 396 g/mol. The number of benzene rings is 2. The van der Waals surface area contributed by atoms with Gasteiger partial charge in [0, 0.05) is 24.3 Å². The van der Waals surface area contributed by atoms with Gasteiger partial charge in [0.1, 0.15) is 0 Å². The highest BCUT2D eigenvalue weighted by atomic mass is 16.2. The number of nitrogens with zero attached hydrogens (tertiary/aromatic N) is 1. The SMILES string of the molecule is CC12CC3CC(C1)CC(C(=O)Nc1cccc4c1CCN(Cc1ccccc1)C4=O)(C3)C2. The highest BCUT2D eigenvalue weighted by Crippen LogP contribution is 2.65. The molecule has 4 heteroatoms. The van der Waals surface area contributed by atoms with Gasteiger partial charge in [-0.3, -0.25) is 9.59 Å². The first kappa shape index (κ1) is 20.0. The van der Waals surface area contributed by atoms with Gasteiger partial charge in [-0.05, 0) is 85.5 Å². The van der Waals surface area contributed by atoms with Gasteiger partial charge in [-0.2, -0.15) is 0 Å². The van der Waals surface area contributed by atoms with E-state index in [9.17, 15) is 9.59 Å². The van der Waals surface area contributed by atoms with Crippen LogP contribution in [0.3, 0.4) is 0 Å². The number of anilines is 1. The number of amides is 2. The number of hydrogen-bond acceptors (Lipinski definition) is 2. The molecule has 2 aromatic carbocycles. The number of carbonyl (C=O) groups is 2. The predicted molar refractivity (Wildman–Crippen MR) is 125 cm³/mol. The van der Waals surface area contributed by atoms with Gasteiger partial charge in [0.05, 0.1) is 5.41 Å². The molecule has 7 rings (SSSR count). The van der Waals surface area contributed by atoms with Crippen molar-refractivity contribution in [2.24, 2.45) is 22.7 Å². The van der Waals surface area contributed by atoms with Crippen molar-refractivity contribution in [3.63, 3.8) is 0 Å². The lowest BCUT2D eigenvalue weighted by Crippen LogP contribution is -2.55.